The number of aryl methyl sites for hydroxylation is 1. The number of nitrogens with two attached hydrogens (primary N) is 1. The molecule has 0 aliphatic heterocycles. The van der Waals surface area contributed by atoms with E-state index >= 15 is 0 Å². The van der Waals surface area contributed by atoms with Crippen molar-refractivity contribution >= 4 is 5.82 Å². The quantitative estimate of drug-likeness (QED) is 0.617. The largest absolute Gasteiger partial charge is 0.493 e. The number of para-hydroxylation sites is 1. The number of nitrogens with zero attached hydrogens (tertiary/aromatic N) is 2. The van der Waals surface area contributed by atoms with E-state index in [0.29, 0.717) is 28.9 Å². The van der Waals surface area contributed by atoms with E-state index in [9.17, 15) is 0 Å². The van der Waals surface area contributed by atoms with Crippen molar-refractivity contribution < 1.29 is 14.2 Å². The van der Waals surface area contributed by atoms with Crippen molar-refractivity contribution in [2.75, 3.05) is 19.6 Å². The van der Waals surface area contributed by atoms with Crippen LogP contribution in [0.4, 0.5) is 5.82 Å². The predicted molar refractivity (Wildman–Crippen MR) is 78.5 cm³/mol. The number of hydrogen-bond acceptors (Lipinski definition) is 7. The van der Waals surface area contributed by atoms with Gasteiger partial charge in [-0.15, -0.1) is 0 Å². The van der Waals surface area contributed by atoms with Crippen molar-refractivity contribution in [1.82, 2.24) is 9.97 Å². The third-order valence-corrected chi connectivity index (χ3v) is 2.78. The Labute approximate surface area is 123 Å². The summed E-state index contributed by atoms with van der Waals surface area (Å²) in [5.41, 5.74) is 3.29. The molecule has 2 rings (SSSR count). The minimum atomic E-state index is 0.174. The molecule has 1 aromatic carbocycles. The van der Waals surface area contributed by atoms with Crippen molar-refractivity contribution in [3.8, 4) is 17.2 Å². The molecule has 0 saturated carbocycles. The summed E-state index contributed by atoms with van der Waals surface area (Å²) in [5, 5.41) is 0. The summed E-state index contributed by atoms with van der Waals surface area (Å²) in [4.78, 5) is 8.52. The van der Waals surface area contributed by atoms with Gasteiger partial charge < -0.3 is 19.6 Å². The van der Waals surface area contributed by atoms with Gasteiger partial charge in [-0.05, 0) is 19.1 Å². The van der Waals surface area contributed by atoms with E-state index in [1.165, 1.54) is 0 Å². The molecule has 0 aliphatic rings. The molecule has 0 radical (unpaired) electrons. The third-order valence-electron chi connectivity index (χ3n) is 2.78. The zero-order valence-electron chi connectivity index (χ0n) is 12.2. The molecule has 7 heteroatoms. The SMILES string of the molecule is COc1cccc(OC)c1OCc1nc(C)cc(NN)n1. The number of anilines is 1. The first-order valence-electron chi connectivity index (χ1n) is 6.33. The van der Waals surface area contributed by atoms with Gasteiger partial charge in [0.15, 0.2) is 17.3 Å². The molecule has 0 unspecified atom stereocenters. The molecular formula is C14H18N4O3. The van der Waals surface area contributed by atoms with Crippen LogP contribution in [0.25, 0.3) is 0 Å². The molecule has 1 aromatic heterocycles. The molecule has 0 atom stereocenters. The first-order valence-corrected chi connectivity index (χ1v) is 6.33. The fraction of sp³-hybridized carbons (Fsp3) is 0.286. The molecule has 0 bridgehead atoms. The molecule has 0 spiro atoms. The molecule has 0 saturated heterocycles. The van der Waals surface area contributed by atoms with Crippen LogP contribution in [0.5, 0.6) is 17.2 Å². The van der Waals surface area contributed by atoms with Crippen LogP contribution in [0, 0.1) is 6.92 Å². The number of methoxy groups -OCH3 is 2. The zero-order valence-corrected chi connectivity index (χ0v) is 12.2. The number of nitrogens with one attached hydrogen (secondary N) is 1. The third kappa shape index (κ3) is 3.51. The highest BCUT2D eigenvalue weighted by atomic mass is 16.5. The number of hydrogen-bond donors (Lipinski definition) is 2. The normalized spacial score (nSPS) is 10.1. The van der Waals surface area contributed by atoms with Gasteiger partial charge in [-0.2, -0.15) is 0 Å². The van der Waals surface area contributed by atoms with E-state index in [0.717, 1.165) is 5.69 Å². The lowest BCUT2D eigenvalue weighted by molar-refractivity contribution is 0.259. The number of nitrogen functional groups attached to an aromatic ring is 1. The van der Waals surface area contributed by atoms with Gasteiger partial charge in [0.1, 0.15) is 12.4 Å². The van der Waals surface area contributed by atoms with E-state index < -0.39 is 0 Å². The molecule has 7 nitrogen and oxygen atoms in total. The van der Waals surface area contributed by atoms with Gasteiger partial charge in [0, 0.05) is 11.8 Å². The smallest absolute Gasteiger partial charge is 0.203 e. The second kappa shape index (κ2) is 6.76. The molecule has 0 fully saturated rings. The highest BCUT2D eigenvalue weighted by Gasteiger charge is 2.12. The van der Waals surface area contributed by atoms with Crippen LogP contribution in [0.1, 0.15) is 11.5 Å². The van der Waals surface area contributed by atoms with Gasteiger partial charge in [0.2, 0.25) is 5.75 Å². The Morgan fingerprint density at radius 3 is 2.38 bits per heavy atom. The Kier molecular flexibility index (Phi) is 4.78. The van der Waals surface area contributed by atoms with Crippen LogP contribution in [0.3, 0.4) is 0 Å². The number of rotatable bonds is 6. The maximum atomic E-state index is 5.75. The topological polar surface area (TPSA) is 91.5 Å². The van der Waals surface area contributed by atoms with E-state index in [-0.39, 0.29) is 6.61 Å². The summed E-state index contributed by atoms with van der Waals surface area (Å²) in [7, 11) is 3.14. The van der Waals surface area contributed by atoms with Crippen molar-refractivity contribution in [1.29, 1.82) is 0 Å². The van der Waals surface area contributed by atoms with Crippen LogP contribution in [-0.2, 0) is 6.61 Å². The van der Waals surface area contributed by atoms with E-state index in [2.05, 4.69) is 15.4 Å². The Morgan fingerprint density at radius 2 is 1.81 bits per heavy atom. The Balaban J connectivity index is 2.22. The minimum Gasteiger partial charge on any atom is -0.493 e. The fourth-order valence-electron chi connectivity index (χ4n) is 1.86. The molecular weight excluding hydrogens is 272 g/mol. The molecule has 21 heavy (non-hydrogen) atoms. The molecule has 112 valence electrons. The monoisotopic (exact) mass is 290 g/mol. The van der Waals surface area contributed by atoms with Gasteiger partial charge in [0.25, 0.3) is 0 Å². The van der Waals surface area contributed by atoms with Gasteiger partial charge in [0.05, 0.1) is 14.2 Å². The molecule has 3 N–H and O–H groups in total. The zero-order chi connectivity index (χ0) is 15.2. The molecule has 1 heterocycles. The van der Waals surface area contributed by atoms with Crippen molar-refractivity contribution in [2.24, 2.45) is 5.84 Å². The van der Waals surface area contributed by atoms with E-state index in [1.807, 2.05) is 13.0 Å². The maximum Gasteiger partial charge on any atom is 0.203 e. The van der Waals surface area contributed by atoms with Gasteiger partial charge >= 0.3 is 0 Å². The summed E-state index contributed by atoms with van der Waals surface area (Å²) in [6.45, 7) is 2.03. The molecule has 0 amide bonds. The fourth-order valence-corrected chi connectivity index (χ4v) is 1.86. The number of hydrazine groups is 1. The number of aromatic nitrogens is 2. The lowest BCUT2D eigenvalue weighted by Crippen LogP contribution is -2.12. The summed E-state index contributed by atoms with van der Waals surface area (Å²) in [6.07, 6.45) is 0. The first-order chi connectivity index (χ1) is 10.2. The Morgan fingerprint density at radius 1 is 1.14 bits per heavy atom. The summed E-state index contributed by atoms with van der Waals surface area (Å²) in [6, 6.07) is 7.15. The predicted octanol–water partition coefficient (Wildman–Crippen LogP) is 1.67. The molecule has 0 aliphatic carbocycles. The van der Waals surface area contributed by atoms with Gasteiger partial charge in [-0.3, -0.25) is 0 Å². The number of benzene rings is 1. The lowest BCUT2D eigenvalue weighted by atomic mass is 10.3. The van der Waals surface area contributed by atoms with Crippen molar-refractivity contribution in [2.45, 2.75) is 13.5 Å². The van der Waals surface area contributed by atoms with Crippen LogP contribution >= 0.6 is 0 Å². The van der Waals surface area contributed by atoms with Crippen LogP contribution in [-0.4, -0.2) is 24.2 Å². The highest BCUT2D eigenvalue weighted by molar-refractivity contribution is 5.51. The Hall–Kier alpha value is -2.54. The van der Waals surface area contributed by atoms with Crippen LogP contribution in [0.2, 0.25) is 0 Å². The van der Waals surface area contributed by atoms with E-state index in [4.69, 9.17) is 20.1 Å². The first kappa shape index (κ1) is 14.9. The lowest BCUT2D eigenvalue weighted by Gasteiger charge is -2.14. The summed E-state index contributed by atoms with van der Waals surface area (Å²) >= 11 is 0. The maximum absolute atomic E-state index is 5.75. The second-order valence-corrected chi connectivity index (χ2v) is 4.24. The van der Waals surface area contributed by atoms with Crippen LogP contribution < -0.4 is 25.5 Å². The van der Waals surface area contributed by atoms with Crippen LogP contribution in [0.15, 0.2) is 24.3 Å². The Bertz CT molecular complexity index is 597. The van der Waals surface area contributed by atoms with Gasteiger partial charge in [-0.1, -0.05) is 6.07 Å². The summed E-state index contributed by atoms with van der Waals surface area (Å²) < 4.78 is 16.3. The van der Waals surface area contributed by atoms with Gasteiger partial charge in [-0.25, -0.2) is 15.8 Å². The average molecular weight is 290 g/mol. The van der Waals surface area contributed by atoms with Crippen molar-refractivity contribution in [3.05, 3.63) is 35.8 Å². The van der Waals surface area contributed by atoms with Crippen molar-refractivity contribution in [3.63, 3.8) is 0 Å². The standard InChI is InChI=1S/C14H18N4O3/c1-9-7-12(18-15)17-13(16-9)8-21-14-10(19-2)5-4-6-11(14)20-3/h4-7H,8,15H2,1-3H3,(H,16,17,18). The summed E-state index contributed by atoms with van der Waals surface area (Å²) in [5.74, 6) is 8.08. The second-order valence-electron chi connectivity index (χ2n) is 4.24. The number of ether oxygens (including phenoxy) is 3. The highest BCUT2D eigenvalue weighted by Crippen LogP contribution is 2.37. The average Bonchev–Trinajstić information content (AvgIpc) is 2.51. The molecule has 2 aromatic rings. The van der Waals surface area contributed by atoms with E-state index in [1.54, 1.807) is 32.4 Å². The minimum absolute atomic E-state index is 0.174.